The van der Waals surface area contributed by atoms with E-state index in [4.69, 9.17) is 14.5 Å². The lowest BCUT2D eigenvalue weighted by atomic mass is 9.88. The molecule has 0 bridgehead atoms. The lowest BCUT2D eigenvalue weighted by molar-refractivity contribution is -0.146. The summed E-state index contributed by atoms with van der Waals surface area (Å²) in [5, 5.41) is 8.17. The van der Waals surface area contributed by atoms with Gasteiger partial charge >= 0.3 is 0 Å². The molecule has 1 aromatic heterocycles. The molecule has 21 heteroatoms. The Morgan fingerprint density at radius 1 is 0.904 bits per heavy atom. The molecule has 0 radical (unpaired) electrons. The van der Waals surface area contributed by atoms with Crippen LogP contribution >= 0.6 is 7.37 Å². The highest BCUT2D eigenvalue weighted by Crippen LogP contribution is 2.46. The number of aromatic nitrogens is 3. The van der Waals surface area contributed by atoms with Gasteiger partial charge in [-0.25, -0.2) is 4.99 Å². The summed E-state index contributed by atoms with van der Waals surface area (Å²) in [6.45, 7) is 14.0. The second-order valence-corrected chi connectivity index (χ2v) is 23.2. The molecule has 1 aromatic carbocycles. The lowest BCUT2D eigenvalue weighted by Crippen LogP contribution is -2.56. The van der Waals surface area contributed by atoms with Crippen molar-refractivity contribution in [3.63, 3.8) is 0 Å². The van der Waals surface area contributed by atoms with Gasteiger partial charge in [0.2, 0.25) is 25.1 Å². The summed E-state index contributed by atoms with van der Waals surface area (Å²) >= 11 is 0. The number of rotatable bonds is 25. The van der Waals surface area contributed by atoms with Crippen LogP contribution in [-0.4, -0.2) is 201 Å². The van der Waals surface area contributed by atoms with Crippen molar-refractivity contribution in [2.75, 3.05) is 74.8 Å². The smallest absolute Gasteiger partial charge is 0.253 e. The molecule has 0 aliphatic carbocycles. The van der Waals surface area contributed by atoms with Crippen LogP contribution in [0.15, 0.2) is 53.7 Å². The van der Waals surface area contributed by atoms with Crippen LogP contribution in [0.3, 0.4) is 0 Å². The van der Waals surface area contributed by atoms with E-state index < -0.39 is 49.3 Å². The highest BCUT2D eigenvalue weighted by molar-refractivity contribution is 7.58. The predicted octanol–water partition coefficient (Wildman–Crippen LogP) is 3.96. The molecule has 5 amide bonds. The van der Waals surface area contributed by atoms with E-state index in [2.05, 4.69) is 22.1 Å². The maximum atomic E-state index is 14.8. The molecular formula is C52H81N10O10P. The molecule has 73 heavy (non-hydrogen) atoms. The summed E-state index contributed by atoms with van der Waals surface area (Å²) in [4.78, 5) is 107. The van der Waals surface area contributed by atoms with E-state index in [0.717, 1.165) is 10.5 Å². The second-order valence-electron chi connectivity index (χ2n) is 20.6. The van der Waals surface area contributed by atoms with E-state index in [1.807, 2.05) is 75.0 Å². The average molecular weight is 1040 g/mol. The third-order valence-corrected chi connectivity index (χ3v) is 16.5. The van der Waals surface area contributed by atoms with Gasteiger partial charge < -0.3 is 38.9 Å². The summed E-state index contributed by atoms with van der Waals surface area (Å²) in [7, 11) is 5.01. The van der Waals surface area contributed by atoms with E-state index in [9.17, 15) is 38.2 Å². The number of piperazine rings is 1. The number of nitrogens with zero attached hydrogens (tertiary/aromatic N) is 10. The minimum atomic E-state index is -3.64. The van der Waals surface area contributed by atoms with Crippen LogP contribution in [0.2, 0.25) is 0 Å². The molecule has 2 fully saturated rings. The largest absolute Gasteiger partial charge is 0.379 e. The van der Waals surface area contributed by atoms with Crippen molar-refractivity contribution in [2.45, 2.75) is 135 Å². The van der Waals surface area contributed by atoms with Gasteiger partial charge in [-0.1, -0.05) is 76.6 Å². The summed E-state index contributed by atoms with van der Waals surface area (Å²) in [6.07, 6.45) is 5.90. The minimum Gasteiger partial charge on any atom is -0.379 e. The molecule has 404 valence electrons. The molecule has 1 N–H and O–H groups in total. The Morgan fingerprint density at radius 2 is 1.55 bits per heavy atom. The highest BCUT2D eigenvalue weighted by Gasteiger charge is 2.44. The van der Waals surface area contributed by atoms with Gasteiger partial charge in [0.05, 0.1) is 43.5 Å². The Balaban J connectivity index is 1.21. The van der Waals surface area contributed by atoms with Gasteiger partial charge in [0.1, 0.15) is 17.5 Å². The van der Waals surface area contributed by atoms with Crippen molar-refractivity contribution in [1.82, 2.24) is 44.4 Å². The number of hydrogen-bond acceptors (Lipinski definition) is 12. The normalized spacial score (nSPS) is 20.2. The average Bonchev–Trinajstić information content (AvgIpc) is 4.11. The first kappa shape index (κ1) is 58.6. The first-order chi connectivity index (χ1) is 34.6. The van der Waals surface area contributed by atoms with Crippen LogP contribution in [0, 0.1) is 17.8 Å². The Kier molecular flexibility index (Phi) is 21.5. The Labute approximate surface area is 431 Å². The van der Waals surface area contributed by atoms with E-state index in [1.54, 1.807) is 41.8 Å². The fourth-order valence-corrected chi connectivity index (χ4v) is 11.4. The number of aryl methyl sites for hydroxylation is 1. The zero-order chi connectivity index (χ0) is 53.7. The van der Waals surface area contributed by atoms with Gasteiger partial charge in [0.25, 0.3) is 11.8 Å². The van der Waals surface area contributed by atoms with Gasteiger partial charge in [-0.15, -0.1) is 5.10 Å². The predicted molar refractivity (Wildman–Crippen MR) is 277 cm³/mol. The maximum absolute atomic E-state index is 14.8. The zero-order valence-corrected chi connectivity index (χ0v) is 45.9. The summed E-state index contributed by atoms with van der Waals surface area (Å²) < 4.78 is 26.8. The molecule has 5 rings (SSSR count). The summed E-state index contributed by atoms with van der Waals surface area (Å²) in [5.74, 6) is -1.58. The first-order valence-corrected chi connectivity index (χ1v) is 28.0. The minimum absolute atomic E-state index is 0.00664. The molecule has 4 heterocycles. The Bertz CT molecular complexity index is 2290. The molecule has 9 atom stereocenters. The van der Waals surface area contributed by atoms with Crippen LogP contribution in [0.25, 0.3) is 0 Å². The topological polar surface area (TPSA) is 221 Å². The van der Waals surface area contributed by atoms with Crippen LogP contribution in [0.4, 0.5) is 0 Å². The number of Topliss-reactive ketones (excluding diaryl/α,β-unsaturated/α-hetero) is 1. The second kappa shape index (κ2) is 26.8. The number of carbonyl (C=O) groups excluding carboxylic acids is 6. The summed E-state index contributed by atoms with van der Waals surface area (Å²) in [5.41, 5.74) is 0.602. The fourth-order valence-electron chi connectivity index (χ4n) is 10.3. The van der Waals surface area contributed by atoms with Crippen LogP contribution in [0.5, 0.6) is 0 Å². The monoisotopic (exact) mass is 1040 g/mol. The third kappa shape index (κ3) is 15.4. The Morgan fingerprint density at radius 3 is 2.12 bits per heavy atom. The van der Waals surface area contributed by atoms with Crippen molar-refractivity contribution in [2.24, 2.45) is 22.7 Å². The molecular weight excluding hydrogens is 956 g/mol. The number of carbonyl (C=O) groups is 6. The van der Waals surface area contributed by atoms with Crippen LogP contribution < -0.4 is 0 Å². The number of hydrogen-bond donors (Lipinski definition) is 1. The number of ether oxygens (including phenoxy) is 2. The number of aliphatic imine (C=N–C) groups is 1. The number of imide groups is 1. The maximum Gasteiger partial charge on any atom is 0.253 e. The van der Waals surface area contributed by atoms with Crippen molar-refractivity contribution in [3.8, 4) is 0 Å². The zero-order valence-electron chi connectivity index (χ0n) is 45.0. The first-order valence-electron chi connectivity index (χ1n) is 25.8. The Hall–Kier alpha value is -5.30. The highest BCUT2D eigenvalue weighted by atomic mass is 31.2. The fraction of sp³-hybridized carbons (Fsp3) is 0.673. The number of benzene rings is 1. The van der Waals surface area contributed by atoms with Crippen LogP contribution in [0.1, 0.15) is 90.8 Å². The quantitative estimate of drug-likeness (QED) is 0.0645. The van der Waals surface area contributed by atoms with Crippen molar-refractivity contribution in [3.05, 3.63) is 59.9 Å². The molecule has 3 aliphatic heterocycles. The van der Waals surface area contributed by atoms with Gasteiger partial charge in [0.15, 0.2) is 5.96 Å². The number of methoxy groups -OCH3 is 2. The number of likely N-dealkylation sites (N-methyl/N-ethyl adjacent to an activating group) is 1. The third-order valence-electron chi connectivity index (χ3n) is 14.8. The van der Waals surface area contributed by atoms with Gasteiger partial charge in [-0.2, -0.15) is 0 Å². The van der Waals surface area contributed by atoms with Gasteiger partial charge in [-0.3, -0.25) is 42.9 Å². The lowest BCUT2D eigenvalue weighted by Gasteiger charge is -2.41. The van der Waals surface area contributed by atoms with E-state index in [1.165, 1.54) is 25.9 Å². The molecule has 3 aliphatic rings. The number of likely N-dealkylation sites (tertiary alicyclic amines) is 1. The molecule has 0 saturated carbocycles. The summed E-state index contributed by atoms with van der Waals surface area (Å²) in [6, 6.07) is 7.72. The number of amides is 5. The number of ketones is 1. The van der Waals surface area contributed by atoms with Crippen LogP contribution in [-0.2, 0) is 62.3 Å². The van der Waals surface area contributed by atoms with Crippen molar-refractivity contribution >= 4 is 48.6 Å². The molecule has 2 aromatic rings. The van der Waals surface area contributed by atoms with E-state index in [-0.39, 0.29) is 66.5 Å². The molecule has 20 nitrogen and oxygen atoms in total. The van der Waals surface area contributed by atoms with E-state index in [0.29, 0.717) is 89.4 Å². The van der Waals surface area contributed by atoms with Crippen molar-refractivity contribution < 1.29 is 47.7 Å². The number of guanidine groups is 1. The molecule has 0 spiro atoms. The standard InChI is InChI=1S/C52H81N10O10P/c1-12-36(4)49(43(71-9)32-47(67)61-25-16-20-41(61)50(72-10)37(5)42(63)31-40(73(11,69)70)30-38-18-14-13-15-19-38)57(8)51(68)48(35(2)3)53-52(56(6)7)59-28-26-58(27-29-59)44(64)21-17-24-60-33-39(54-55-60)34-62-45(65)22-23-46(62)66/h13-15,18-19,22-23,33,35-37,40-41,43,48-50H,12,16-17,20-21,24-32,34H2,1-11H3,(H,69,70)/t36-,37-,40+,41-,43+,48-,49-,50+/m0/s1. The van der Waals surface area contributed by atoms with E-state index >= 15 is 0 Å². The molecule has 1 unspecified atom stereocenters. The molecule has 2 saturated heterocycles. The SMILES string of the molecule is CC[C@H](C)[C@@H]([C@@H](CC(=O)N1CCC[C@H]1[C@H](OC)[C@@H](C)C(=O)C[C@@H](Cc1ccccc1)P(C)(=O)O)OC)N(C)C(=O)[C@@H](N=C(N(C)C)N1CCN(C(=O)CCCn2cc(CN3C(=O)C=CC3=O)nn2)CC1)C(C)C. The van der Waals surface area contributed by atoms with Gasteiger partial charge in [-0.05, 0) is 43.1 Å². The van der Waals surface area contributed by atoms with Crippen molar-refractivity contribution in [1.29, 1.82) is 0 Å². The van der Waals surface area contributed by atoms with Gasteiger partial charge in [0, 0.05) is 118 Å².